The molecule has 15 heavy (non-hydrogen) atoms. The van der Waals surface area contributed by atoms with Gasteiger partial charge in [-0.25, -0.2) is 0 Å². The quantitative estimate of drug-likeness (QED) is 0.745. The lowest BCUT2D eigenvalue weighted by Crippen LogP contribution is -2.03. The first kappa shape index (κ1) is 10.2. The van der Waals surface area contributed by atoms with Crippen LogP contribution in [0.5, 0.6) is 0 Å². The monoisotopic (exact) mass is 203 g/mol. The Morgan fingerprint density at radius 3 is 2.80 bits per heavy atom. The Hall–Kier alpha value is -1.28. The molecule has 0 aliphatic heterocycles. The SMILES string of the molecule is CCn1c(CCOC)cc2ccccc21. The van der Waals surface area contributed by atoms with Gasteiger partial charge in [0.2, 0.25) is 0 Å². The number of nitrogens with zero attached hydrogens (tertiary/aromatic N) is 1. The Morgan fingerprint density at radius 1 is 1.27 bits per heavy atom. The predicted octanol–water partition coefficient (Wildman–Crippen LogP) is 2.85. The van der Waals surface area contributed by atoms with Crippen LogP contribution in [-0.4, -0.2) is 18.3 Å². The zero-order valence-electron chi connectivity index (χ0n) is 9.36. The maximum absolute atomic E-state index is 5.13. The van der Waals surface area contributed by atoms with Crippen LogP contribution < -0.4 is 0 Å². The van der Waals surface area contributed by atoms with Gasteiger partial charge in [-0.1, -0.05) is 18.2 Å². The number of hydrogen-bond acceptors (Lipinski definition) is 1. The van der Waals surface area contributed by atoms with E-state index in [0.29, 0.717) is 0 Å². The topological polar surface area (TPSA) is 14.2 Å². The third-order valence-electron chi connectivity index (χ3n) is 2.77. The van der Waals surface area contributed by atoms with Crippen LogP contribution in [0.15, 0.2) is 30.3 Å². The van der Waals surface area contributed by atoms with Crippen molar-refractivity contribution in [2.45, 2.75) is 19.9 Å². The molecule has 0 amide bonds. The van der Waals surface area contributed by atoms with Gasteiger partial charge in [-0.2, -0.15) is 0 Å². The molecule has 0 saturated heterocycles. The third kappa shape index (κ3) is 1.90. The molecule has 2 aromatic rings. The van der Waals surface area contributed by atoms with Gasteiger partial charge in [-0.3, -0.25) is 0 Å². The molecule has 0 bridgehead atoms. The zero-order chi connectivity index (χ0) is 10.7. The number of para-hydroxylation sites is 1. The van der Waals surface area contributed by atoms with Crippen LogP contribution in [0, 0.1) is 0 Å². The number of ether oxygens (including phenoxy) is 1. The average Bonchev–Trinajstić information content (AvgIpc) is 2.63. The maximum atomic E-state index is 5.13. The molecule has 0 spiro atoms. The highest BCUT2D eigenvalue weighted by Crippen LogP contribution is 2.19. The van der Waals surface area contributed by atoms with Crippen LogP contribution in [0.2, 0.25) is 0 Å². The van der Waals surface area contributed by atoms with Crippen molar-refractivity contribution in [1.29, 1.82) is 0 Å². The molecule has 2 heteroatoms. The first-order valence-corrected chi connectivity index (χ1v) is 5.43. The van der Waals surface area contributed by atoms with E-state index < -0.39 is 0 Å². The predicted molar refractivity (Wildman–Crippen MR) is 63.2 cm³/mol. The van der Waals surface area contributed by atoms with E-state index in [2.05, 4.69) is 41.8 Å². The highest BCUT2D eigenvalue weighted by molar-refractivity contribution is 5.81. The smallest absolute Gasteiger partial charge is 0.0517 e. The summed E-state index contributed by atoms with van der Waals surface area (Å²) in [5.41, 5.74) is 2.69. The first-order chi connectivity index (χ1) is 7.36. The van der Waals surface area contributed by atoms with Crippen molar-refractivity contribution < 1.29 is 4.74 Å². The molecule has 1 heterocycles. The lowest BCUT2D eigenvalue weighted by atomic mass is 10.2. The molecule has 80 valence electrons. The van der Waals surface area contributed by atoms with Crippen molar-refractivity contribution in [2.24, 2.45) is 0 Å². The van der Waals surface area contributed by atoms with E-state index in [4.69, 9.17) is 4.74 Å². The minimum atomic E-state index is 0.788. The number of aryl methyl sites for hydroxylation is 1. The molecule has 0 unspecified atom stereocenters. The van der Waals surface area contributed by atoms with Crippen LogP contribution in [0.25, 0.3) is 10.9 Å². The second-order valence-electron chi connectivity index (χ2n) is 3.68. The highest BCUT2D eigenvalue weighted by Gasteiger charge is 2.05. The first-order valence-electron chi connectivity index (χ1n) is 5.43. The summed E-state index contributed by atoms with van der Waals surface area (Å²) in [5.74, 6) is 0. The maximum Gasteiger partial charge on any atom is 0.0517 e. The van der Waals surface area contributed by atoms with Crippen LogP contribution >= 0.6 is 0 Å². The summed E-state index contributed by atoms with van der Waals surface area (Å²) in [6, 6.07) is 10.8. The number of methoxy groups -OCH3 is 1. The number of benzene rings is 1. The third-order valence-corrected chi connectivity index (χ3v) is 2.77. The molecule has 2 rings (SSSR count). The van der Waals surface area contributed by atoms with Crippen LogP contribution in [0.3, 0.4) is 0 Å². The van der Waals surface area contributed by atoms with Gasteiger partial charge in [0, 0.05) is 31.3 Å². The van der Waals surface area contributed by atoms with E-state index in [9.17, 15) is 0 Å². The molecule has 0 radical (unpaired) electrons. The fourth-order valence-corrected chi connectivity index (χ4v) is 2.05. The molecular weight excluding hydrogens is 186 g/mol. The molecule has 0 saturated carbocycles. The Bertz CT molecular complexity index is 445. The Morgan fingerprint density at radius 2 is 2.07 bits per heavy atom. The van der Waals surface area contributed by atoms with Crippen molar-refractivity contribution >= 4 is 10.9 Å². The molecule has 0 aliphatic carbocycles. The number of rotatable bonds is 4. The van der Waals surface area contributed by atoms with Crippen LogP contribution in [0.4, 0.5) is 0 Å². The zero-order valence-corrected chi connectivity index (χ0v) is 9.36. The Kier molecular flexibility index (Phi) is 3.07. The van der Waals surface area contributed by atoms with Crippen molar-refractivity contribution in [2.75, 3.05) is 13.7 Å². The summed E-state index contributed by atoms with van der Waals surface area (Å²) in [6.07, 6.45) is 0.985. The summed E-state index contributed by atoms with van der Waals surface area (Å²) in [5, 5.41) is 1.32. The lowest BCUT2D eigenvalue weighted by Gasteiger charge is -2.06. The van der Waals surface area contributed by atoms with Gasteiger partial charge >= 0.3 is 0 Å². The average molecular weight is 203 g/mol. The van der Waals surface area contributed by atoms with Gasteiger partial charge in [0.25, 0.3) is 0 Å². The number of fused-ring (bicyclic) bond motifs is 1. The summed E-state index contributed by atoms with van der Waals surface area (Å²) >= 11 is 0. The van der Waals surface area contributed by atoms with Gasteiger partial charge in [0.15, 0.2) is 0 Å². The molecule has 0 atom stereocenters. The number of aromatic nitrogens is 1. The minimum Gasteiger partial charge on any atom is -0.384 e. The lowest BCUT2D eigenvalue weighted by molar-refractivity contribution is 0.200. The van der Waals surface area contributed by atoms with E-state index in [-0.39, 0.29) is 0 Å². The number of hydrogen-bond donors (Lipinski definition) is 0. The second-order valence-corrected chi connectivity index (χ2v) is 3.68. The van der Waals surface area contributed by atoms with E-state index in [1.165, 1.54) is 16.6 Å². The van der Waals surface area contributed by atoms with Gasteiger partial charge in [-0.15, -0.1) is 0 Å². The van der Waals surface area contributed by atoms with E-state index in [1.54, 1.807) is 7.11 Å². The summed E-state index contributed by atoms with van der Waals surface area (Å²) < 4.78 is 7.48. The Labute approximate surface area is 90.5 Å². The molecule has 1 aromatic heterocycles. The van der Waals surface area contributed by atoms with Gasteiger partial charge in [-0.05, 0) is 24.4 Å². The van der Waals surface area contributed by atoms with Crippen molar-refractivity contribution in [3.63, 3.8) is 0 Å². The summed E-state index contributed by atoms with van der Waals surface area (Å²) in [6.45, 7) is 3.99. The van der Waals surface area contributed by atoms with Gasteiger partial charge in [0.1, 0.15) is 0 Å². The normalized spacial score (nSPS) is 11.1. The van der Waals surface area contributed by atoms with Gasteiger partial charge < -0.3 is 9.30 Å². The molecule has 0 fully saturated rings. The van der Waals surface area contributed by atoms with E-state index >= 15 is 0 Å². The largest absolute Gasteiger partial charge is 0.384 e. The van der Waals surface area contributed by atoms with Crippen molar-refractivity contribution in [3.05, 3.63) is 36.0 Å². The molecule has 2 nitrogen and oxygen atoms in total. The Balaban J connectivity index is 2.44. The van der Waals surface area contributed by atoms with E-state index in [1.807, 2.05) is 0 Å². The van der Waals surface area contributed by atoms with Crippen molar-refractivity contribution in [1.82, 2.24) is 4.57 Å². The molecule has 0 aliphatic rings. The highest BCUT2D eigenvalue weighted by atomic mass is 16.5. The van der Waals surface area contributed by atoms with Crippen LogP contribution in [0.1, 0.15) is 12.6 Å². The molecule has 1 aromatic carbocycles. The fraction of sp³-hybridized carbons (Fsp3) is 0.385. The van der Waals surface area contributed by atoms with Crippen LogP contribution in [-0.2, 0) is 17.7 Å². The molecular formula is C13H17NO. The molecule has 0 N–H and O–H groups in total. The second kappa shape index (κ2) is 4.49. The minimum absolute atomic E-state index is 0.788. The van der Waals surface area contributed by atoms with Crippen molar-refractivity contribution in [3.8, 4) is 0 Å². The fourth-order valence-electron chi connectivity index (χ4n) is 2.05. The van der Waals surface area contributed by atoms with Gasteiger partial charge in [0.05, 0.1) is 6.61 Å². The van der Waals surface area contributed by atoms with E-state index in [0.717, 1.165) is 19.6 Å². The summed E-state index contributed by atoms with van der Waals surface area (Å²) in [4.78, 5) is 0. The summed E-state index contributed by atoms with van der Waals surface area (Å²) in [7, 11) is 1.75. The standard InChI is InChI=1S/C13H17NO/c1-3-14-12(8-9-15-2)10-11-6-4-5-7-13(11)14/h4-7,10H,3,8-9H2,1-2H3.